The van der Waals surface area contributed by atoms with Crippen molar-refractivity contribution in [2.45, 2.75) is 44.6 Å². The third-order valence-electron chi connectivity index (χ3n) is 5.26. The standard InChI is InChI=1S/C20H21N5OS/c1-13-17-14(19(26)23-20(12-21)8-4-3-5-9-20)11-15(16-7-6-10-27-16)22-18(17)25(2)24-13/h6-7,10-11H,3-5,8-9H2,1-2H3,(H,23,26). The zero-order chi connectivity index (χ0) is 19.0. The summed E-state index contributed by atoms with van der Waals surface area (Å²) in [5.41, 5.74) is 1.95. The third-order valence-corrected chi connectivity index (χ3v) is 6.15. The molecule has 0 bridgehead atoms. The van der Waals surface area contributed by atoms with Crippen molar-refractivity contribution in [3.05, 3.63) is 34.8 Å². The van der Waals surface area contributed by atoms with E-state index in [1.165, 1.54) is 0 Å². The summed E-state index contributed by atoms with van der Waals surface area (Å²) in [4.78, 5) is 19.0. The van der Waals surface area contributed by atoms with Crippen molar-refractivity contribution in [3.63, 3.8) is 0 Å². The molecular weight excluding hydrogens is 358 g/mol. The Kier molecular flexibility index (Phi) is 4.44. The Morgan fingerprint density at radius 3 is 2.81 bits per heavy atom. The zero-order valence-corrected chi connectivity index (χ0v) is 16.3. The number of carbonyl (C=O) groups excluding carboxylic acids is 1. The van der Waals surface area contributed by atoms with Crippen molar-refractivity contribution < 1.29 is 4.79 Å². The van der Waals surface area contributed by atoms with Crippen LogP contribution in [-0.2, 0) is 7.05 Å². The number of nitriles is 1. The molecule has 1 amide bonds. The number of aryl methyl sites for hydroxylation is 2. The van der Waals surface area contributed by atoms with Crippen LogP contribution in [0.25, 0.3) is 21.6 Å². The number of rotatable bonds is 3. The van der Waals surface area contributed by atoms with Gasteiger partial charge < -0.3 is 5.32 Å². The van der Waals surface area contributed by atoms with E-state index in [4.69, 9.17) is 4.98 Å². The molecule has 6 nitrogen and oxygen atoms in total. The first-order valence-corrected chi connectivity index (χ1v) is 10.0. The minimum atomic E-state index is -0.774. The second-order valence-corrected chi connectivity index (χ2v) is 8.10. The molecule has 0 spiro atoms. The first-order chi connectivity index (χ1) is 13.0. The Labute approximate surface area is 161 Å². The number of pyridine rings is 1. The molecule has 4 rings (SSSR count). The third kappa shape index (κ3) is 3.10. The van der Waals surface area contributed by atoms with Gasteiger partial charge >= 0.3 is 0 Å². The highest BCUT2D eigenvalue weighted by Crippen LogP contribution is 2.31. The summed E-state index contributed by atoms with van der Waals surface area (Å²) in [5, 5.41) is 20.0. The second kappa shape index (κ2) is 6.78. The fourth-order valence-electron chi connectivity index (χ4n) is 3.88. The second-order valence-electron chi connectivity index (χ2n) is 7.15. The number of fused-ring (bicyclic) bond motifs is 1. The molecule has 3 aromatic rings. The lowest BCUT2D eigenvalue weighted by Crippen LogP contribution is -2.48. The van der Waals surface area contributed by atoms with Crippen LogP contribution in [0.5, 0.6) is 0 Å². The van der Waals surface area contributed by atoms with Gasteiger partial charge in [0.1, 0.15) is 5.54 Å². The lowest BCUT2D eigenvalue weighted by molar-refractivity contribution is 0.0904. The number of thiophene rings is 1. The fourth-order valence-corrected chi connectivity index (χ4v) is 4.57. The Bertz CT molecular complexity index is 1040. The van der Waals surface area contributed by atoms with Gasteiger partial charge in [-0.15, -0.1) is 11.3 Å². The average Bonchev–Trinajstić information content (AvgIpc) is 3.31. The molecule has 1 saturated carbocycles. The van der Waals surface area contributed by atoms with Crippen molar-refractivity contribution in [1.29, 1.82) is 5.26 Å². The zero-order valence-electron chi connectivity index (χ0n) is 15.5. The van der Waals surface area contributed by atoms with Crippen molar-refractivity contribution in [1.82, 2.24) is 20.1 Å². The summed E-state index contributed by atoms with van der Waals surface area (Å²) >= 11 is 1.58. The number of carbonyl (C=O) groups is 1. The molecule has 0 saturated heterocycles. The topological polar surface area (TPSA) is 83.6 Å². The lowest BCUT2D eigenvalue weighted by atomic mass is 9.82. The van der Waals surface area contributed by atoms with E-state index < -0.39 is 5.54 Å². The Morgan fingerprint density at radius 2 is 2.15 bits per heavy atom. The molecule has 138 valence electrons. The van der Waals surface area contributed by atoms with Crippen LogP contribution in [0.3, 0.4) is 0 Å². The monoisotopic (exact) mass is 379 g/mol. The van der Waals surface area contributed by atoms with Crippen LogP contribution in [0.15, 0.2) is 23.6 Å². The Morgan fingerprint density at radius 1 is 1.37 bits per heavy atom. The van der Waals surface area contributed by atoms with Crippen LogP contribution < -0.4 is 5.32 Å². The van der Waals surface area contributed by atoms with Gasteiger partial charge in [0.2, 0.25) is 0 Å². The molecule has 1 N–H and O–H groups in total. The van der Waals surface area contributed by atoms with Crippen molar-refractivity contribution in [2.24, 2.45) is 7.05 Å². The van der Waals surface area contributed by atoms with Crippen molar-refractivity contribution in [2.75, 3.05) is 0 Å². The van der Waals surface area contributed by atoms with Crippen LogP contribution in [0.4, 0.5) is 0 Å². The van der Waals surface area contributed by atoms with E-state index in [1.807, 2.05) is 37.6 Å². The van der Waals surface area contributed by atoms with Gasteiger partial charge in [0.25, 0.3) is 5.91 Å². The smallest absolute Gasteiger partial charge is 0.253 e. The summed E-state index contributed by atoms with van der Waals surface area (Å²) in [5.74, 6) is -0.222. The summed E-state index contributed by atoms with van der Waals surface area (Å²) in [7, 11) is 1.83. The number of nitrogens with one attached hydrogen (secondary N) is 1. The molecule has 0 unspecified atom stereocenters. The van der Waals surface area contributed by atoms with Gasteiger partial charge in [-0.05, 0) is 37.3 Å². The normalized spacial score (nSPS) is 16.2. The Balaban J connectivity index is 1.82. The predicted molar refractivity (Wildman–Crippen MR) is 105 cm³/mol. The number of nitrogens with zero attached hydrogens (tertiary/aromatic N) is 4. The van der Waals surface area contributed by atoms with E-state index in [0.717, 1.165) is 40.9 Å². The van der Waals surface area contributed by atoms with Crippen LogP contribution in [0.1, 0.15) is 48.2 Å². The predicted octanol–water partition coefficient (Wildman–Crippen LogP) is 3.96. The van der Waals surface area contributed by atoms with Crippen LogP contribution in [-0.4, -0.2) is 26.2 Å². The van der Waals surface area contributed by atoms with Crippen molar-refractivity contribution in [3.8, 4) is 16.6 Å². The maximum absolute atomic E-state index is 13.3. The maximum Gasteiger partial charge on any atom is 0.253 e. The molecule has 0 radical (unpaired) electrons. The average molecular weight is 379 g/mol. The van der Waals surface area contributed by atoms with E-state index in [-0.39, 0.29) is 5.91 Å². The van der Waals surface area contributed by atoms with E-state index >= 15 is 0 Å². The molecule has 3 heterocycles. The number of hydrogen-bond donors (Lipinski definition) is 1. The van der Waals surface area contributed by atoms with Gasteiger partial charge in [-0.2, -0.15) is 10.4 Å². The highest BCUT2D eigenvalue weighted by Gasteiger charge is 2.34. The minimum Gasteiger partial charge on any atom is -0.334 e. The number of aromatic nitrogens is 3. The maximum atomic E-state index is 13.3. The van der Waals surface area contributed by atoms with Crippen LogP contribution in [0, 0.1) is 18.3 Å². The van der Waals surface area contributed by atoms with Gasteiger partial charge in [0.05, 0.1) is 33.3 Å². The first kappa shape index (κ1) is 17.7. The van der Waals surface area contributed by atoms with E-state index in [2.05, 4.69) is 16.5 Å². The molecule has 3 aromatic heterocycles. The molecule has 1 fully saturated rings. The summed E-state index contributed by atoms with van der Waals surface area (Å²) in [6, 6.07) is 8.14. The van der Waals surface area contributed by atoms with Crippen LogP contribution in [0.2, 0.25) is 0 Å². The number of hydrogen-bond acceptors (Lipinski definition) is 5. The quantitative estimate of drug-likeness (QED) is 0.746. The summed E-state index contributed by atoms with van der Waals surface area (Å²) in [6.45, 7) is 1.88. The van der Waals surface area contributed by atoms with Gasteiger partial charge in [0, 0.05) is 7.05 Å². The molecule has 1 aliphatic carbocycles. The highest BCUT2D eigenvalue weighted by molar-refractivity contribution is 7.13. The Hall–Kier alpha value is -2.72. The van der Waals surface area contributed by atoms with E-state index in [9.17, 15) is 10.1 Å². The number of amides is 1. The summed E-state index contributed by atoms with van der Waals surface area (Å²) < 4.78 is 1.71. The molecule has 0 aliphatic heterocycles. The minimum absolute atomic E-state index is 0.222. The lowest BCUT2D eigenvalue weighted by Gasteiger charge is -2.31. The molecule has 1 aliphatic rings. The van der Waals surface area contributed by atoms with Gasteiger partial charge in [0.15, 0.2) is 5.65 Å². The van der Waals surface area contributed by atoms with E-state index in [0.29, 0.717) is 24.1 Å². The molecular formula is C20H21N5OS. The van der Waals surface area contributed by atoms with Gasteiger partial charge in [-0.25, -0.2) is 4.98 Å². The van der Waals surface area contributed by atoms with Crippen molar-refractivity contribution >= 4 is 28.3 Å². The molecule has 0 atom stereocenters. The largest absolute Gasteiger partial charge is 0.334 e. The fraction of sp³-hybridized carbons (Fsp3) is 0.400. The first-order valence-electron chi connectivity index (χ1n) is 9.15. The SMILES string of the molecule is Cc1nn(C)c2nc(-c3cccs3)cc(C(=O)NC3(C#N)CCCCC3)c12. The van der Waals surface area contributed by atoms with Gasteiger partial charge in [-0.3, -0.25) is 9.48 Å². The van der Waals surface area contributed by atoms with Gasteiger partial charge in [-0.1, -0.05) is 25.3 Å². The molecule has 7 heteroatoms. The molecule has 0 aromatic carbocycles. The van der Waals surface area contributed by atoms with E-state index in [1.54, 1.807) is 16.0 Å². The highest BCUT2D eigenvalue weighted by atomic mass is 32.1. The molecule has 27 heavy (non-hydrogen) atoms. The summed E-state index contributed by atoms with van der Waals surface area (Å²) in [6.07, 6.45) is 4.45. The van der Waals surface area contributed by atoms with Crippen LogP contribution >= 0.6 is 11.3 Å².